The van der Waals surface area contributed by atoms with E-state index in [0.29, 0.717) is 13.2 Å². The van der Waals surface area contributed by atoms with Crippen LogP contribution in [0.4, 0.5) is 0 Å². The highest BCUT2D eigenvalue weighted by molar-refractivity contribution is 7.18. The Labute approximate surface area is 177 Å². The first kappa shape index (κ1) is 20.9. The zero-order chi connectivity index (χ0) is 20.3. The maximum atomic E-state index is 5.71. The number of thiazole rings is 1. The molecule has 0 aliphatic rings. The molecule has 0 radical (unpaired) electrons. The Hall–Kier alpha value is -2.85. The Balaban J connectivity index is 1.61. The number of aromatic nitrogens is 1. The summed E-state index contributed by atoms with van der Waals surface area (Å²) in [6.07, 6.45) is 12.3. The first-order valence-electron chi connectivity index (χ1n) is 10.0. The van der Waals surface area contributed by atoms with Crippen LogP contribution in [0.1, 0.15) is 26.7 Å². The van der Waals surface area contributed by atoms with Crippen LogP contribution in [0.3, 0.4) is 0 Å². The standard InChI is InChI=1S/C25H27NO2S/c1-3-5-7-17-27-22-13-9-20(10-14-22)24-19-26-25(29-24)21-11-15-23(16-12-21)28-18-8-6-4-2/h5-16,19H,3-4,17-18H2,1-2H3/b7-5+,8-6+. The second-order valence-corrected chi connectivity index (χ2v) is 7.49. The lowest BCUT2D eigenvalue weighted by Crippen LogP contribution is -1.92. The van der Waals surface area contributed by atoms with Crippen LogP contribution in [0, 0.1) is 0 Å². The maximum absolute atomic E-state index is 5.71. The van der Waals surface area contributed by atoms with Crippen LogP contribution >= 0.6 is 11.3 Å². The summed E-state index contributed by atoms with van der Waals surface area (Å²) in [4.78, 5) is 5.74. The minimum absolute atomic E-state index is 0.600. The van der Waals surface area contributed by atoms with Gasteiger partial charge in [-0.15, -0.1) is 11.3 Å². The molecule has 2 aromatic carbocycles. The van der Waals surface area contributed by atoms with E-state index < -0.39 is 0 Å². The van der Waals surface area contributed by atoms with Crippen molar-refractivity contribution in [2.75, 3.05) is 13.2 Å². The molecule has 0 saturated heterocycles. The fraction of sp³-hybridized carbons (Fsp3) is 0.240. The molecule has 150 valence electrons. The van der Waals surface area contributed by atoms with E-state index in [1.165, 1.54) is 0 Å². The third kappa shape index (κ3) is 6.33. The lowest BCUT2D eigenvalue weighted by Gasteiger charge is -2.04. The van der Waals surface area contributed by atoms with Gasteiger partial charge in [-0.3, -0.25) is 0 Å². The van der Waals surface area contributed by atoms with E-state index in [2.05, 4.69) is 55.2 Å². The Morgan fingerprint density at radius 3 is 1.76 bits per heavy atom. The summed E-state index contributed by atoms with van der Waals surface area (Å²) in [6, 6.07) is 16.3. The zero-order valence-electron chi connectivity index (χ0n) is 17.0. The van der Waals surface area contributed by atoms with Crippen LogP contribution in [-0.4, -0.2) is 18.2 Å². The number of allylic oxidation sites excluding steroid dienone is 2. The average Bonchev–Trinajstić information content (AvgIpc) is 3.25. The van der Waals surface area contributed by atoms with E-state index in [1.807, 2.05) is 42.6 Å². The molecule has 0 aliphatic carbocycles. The van der Waals surface area contributed by atoms with Crippen molar-refractivity contribution in [2.24, 2.45) is 0 Å². The number of benzene rings is 2. The molecule has 1 aromatic heterocycles. The maximum Gasteiger partial charge on any atom is 0.123 e. The van der Waals surface area contributed by atoms with Gasteiger partial charge >= 0.3 is 0 Å². The van der Waals surface area contributed by atoms with Gasteiger partial charge < -0.3 is 9.47 Å². The molecule has 0 amide bonds. The molecule has 3 rings (SSSR count). The fourth-order valence-corrected chi connectivity index (χ4v) is 3.64. The number of hydrogen-bond donors (Lipinski definition) is 0. The zero-order valence-corrected chi connectivity index (χ0v) is 17.8. The van der Waals surface area contributed by atoms with E-state index in [-0.39, 0.29) is 0 Å². The van der Waals surface area contributed by atoms with Gasteiger partial charge in [-0.2, -0.15) is 0 Å². The lowest BCUT2D eigenvalue weighted by molar-refractivity contribution is 0.362. The van der Waals surface area contributed by atoms with Gasteiger partial charge in [0.1, 0.15) is 29.7 Å². The molecular formula is C25H27NO2S. The van der Waals surface area contributed by atoms with Crippen molar-refractivity contribution in [1.82, 2.24) is 4.98 Å². The normalized spacial score (nSPS) is 11.4. The number of nitrogens with zero attached hydrogens (tertiary/aromatic N) is 1. The molecule has 0 atom stereocenters. The predicted octanol–water partition coefficient (Wildman–Crippen LogP) is 7.17. The van der Waals surface area contributed by atoms with Crippen molar-refractivity contribution in [1.29, 1.82) is 0 Å². The number of hydrogen-bond acceptors (Lipinski definition) is 4. The summed E-state index contributed by atoms with van der Waals surface area (Å²) in [7, 11) is 0. The Morgan fingerprint density at radius 1 is 0.724 bits per heavy atom. The summed E-state index contributed by atoms with van der Waals surface area (Å²) < 4.78 is 11.4. The molecule has 1 heterocycles. The van der Waals surface area contributed by atoms with Gasteiger partial charge in [0.05, 0.1) is 4.88 Å². The highest BCUT2D eigenvalue weighted by Crippen LogP contribution is 2.33. The largest absolute Gasteiger partial charge is 0.490 e. The Morgan fingerprint density at radius 2 is 1.24 bits per heavy atom. The van der Waals surface area contributed by atoms with E-state index in [1.54, 1.807) is 11.3 Å². The summed E-state index contributed by atoms with van der Waals surface area (Å²) in [5.74, 6) is 1.75. The van der Waals surface area contributed by atoms with Crippen molar-refractivity contribution >= 4 is 11.3 Å². The molecule has 0 aliphatic heterocycles. The van der Waals surface area contributed by atoms with Gasteiger partial charge in [0.15, 0.2) is 0 Å². The quantitative estimate of drug-likeness (QED) is 0.335. The van der Waals surface area contributed by atoms with Gasteiger partial charge in [0, 0.05) is 11.8 Å². The number of ether oxygens (including phenoxy) is 2. The molecular weight excluding hydrogens is 378 g/mol. The molecule has 4 heteroatoms. The van der Waals surface area contributed by atoms with E-state index in [9.17, 15) is 0 Å². The first-order chi connectivity index (χ1) is 14.3. The van der Waals surface area contributed by atoms with E-state index >= 15 is 0 Å². The monoisotopic (exact) mass is 405 g/mol. The highest BCUT2D eigenvalue weighted by atomic mass is 32.1. The summed E-state index contributed by atoms with van der Waals surface area (Å²) >= 11 is 1.68. The van der Waals surface area contributed by atoms with E-state index in [0.717, 1.165) is 45.4 Å². The van der Waals surface area contributed by atoms with Crippen molar-refractivity contribution < 1.29 is 9.47 Å². The van der Waals surface area contributed by atoms with Crippen LogP contribution in [0.2, 0.25) is 0 Å². The molecule has 0 spiro atoms. The van der Waals surface area contributed by atoms with Gasteiger partial charge in [-0.25, -0.2) is 4.98 Å². The highest BCUT2D eigenvalue weighted by Gasteiger charge is 2.07. The Bertz CT molecular complexity index is 848. The van der Waals surface area contributed by atoms with Crippen LogP contribution in [-0.2, 0) is 0 Å². The van der Waals surface area contributed by atoms with E-state index in [4.69, 9.17) is 9.47 Å². The topological polar surface area (TPSA) is 31.4 Å². The minimum atomic E-state index is 0.600. The van der Waals surface area contributed by atoms with Gasteiger partial charge in [0.25, 0.3) is 0 Å². The third-order valence-electron chi connectivity index (χ3n) is 4.24. The SMILES string of the molecule is CC/C=C/COc1ccc(-c2cnc(-c3ccc(OC/C=C/CC)cc3)s2)cc1. The predicted molar refractivity (Wildman–Crippen MR) is 123 cm³/mol. The molecule has 0 saturated carbocycles. The molecule has 0 N–H and O–H groups in total. The van der Waals surface area contributed by atoms with Crippen LogP contribution in [0.15, 0.2) is 79.0 Å². The second-order valence-electron chi connectivity index (χ2n) is 6.46. The molecule has 3 nitrogen and oxygen atoms in total. The van der Waals surface area contributed by atoms with Gasteiger partial charge in [-0.1, -0.05) is 38.2 Å². The molecule has 0 unspecified atom stereocenters. The minimum Gasteiger partial charge on any atom is -0.490 e. The van der Waals surface area contributed by atoms with Crippen molar-refractivity contribution in [3.63, 3.8) is 0 Å². The summed E-state index contributed by atoms with van der Waals surface area (Å²) in [5, 5.41) is 1.00. The van der Waals surface area contributed by atoms with Gasteiger partial charge in [-0.05, 0) is 66.9 Å². The van der Waals surface area contributed by atoms with Crippen molar-refractivity contribution in [2.45, 2.75) is 26.7 Å². The second kappa shape index (κ2) is 11.2. The fourth-order valence-electron chi connectivity index (χ4n) is 2.71. The van der Waals surface area contributed by atoms with Crippen LogP contribution in [0.5, 0.6) is 11.5 Å². The lowest BCUT2D eigenvalue weighted by atomic mass is 10.2. The first-order valence-corrected chi connectivity index (χ1v) is 10.8. The molecule has 0 bridgehead atoms. The van der Waals surface area contributed by atoms with Gasteiger partial charge in [0.2, 0.25) is 0 Å². The average molecular weight is 406 g/mol. The van der Waals surface area contributed by atoms with Crippen molar-refractivity contribution in [3.8, 4) is 32.5 Å². The van der Waals surface area contributed by atoms with Crippen LogP contribution in [0.25, 0.3) is 21.0 Å². The molecule has 0 fully saturated rings. The molecule has 3 aromatic rings. The third-order valence-corrected chi connectivity index (χ3v) is 5.34. The summed E-state index contributed by atoms with van der Waals surface area (Å²) in [6.45, 7) is 5.43. The number of rotatable bonds is 10. The summed E-state index contributed by atoms with van der Waals surface area (Å²) in [5.41, 5.74) is 2.24. The van der Waals surface area contributed by atoms with Crippen molar-refractivity contribution in [3.05, 3.63) is 79.0 Å². The molecule has 29 heavy (non-hydrogen) atoms. The Kier molecular flexibility index (Phi) is 8.08. The smallest absolute Gasteiger partial charge is 0.123 e. The van der Waals surface area contributed by atoms with Crippen LogP contribution < -0.4 is 9.47 Å².